The van der Waals surface area contributed by atoms with Gasteiger partial charge >= 0.3 is 0 Å². The summed E-state index contributed by atoms with van der Waals surface area (Å²) in [6, 6.07) is 1.84. The van der Waals surface area contributed by atoms with Crippen LogP contribution >= 0.6 is 0 Å². The SMILES string of the molecule is CCOc1cc(C)nc(NCCCCCN)n1. The summed E-state index contributed by atoms with van der Waals surface area (Å²) in [6.07, 6.45) is 3.28. The van der Waals surface area contributed by atoms with E-state index in [0.29, 0.717) is 18.4 Å². The maximum absolute atomic E-state index is 5.43. The first-order valence-corrected chi connectivity index (χ1v) is 6.18. The molecule has 96 valence electrons. The van der Waals surface area contributed by atoms with Gasteiger partial charge in [-0.05, 0) is 33.2 Å². The third-order valence-electron chi connectivity index (χ3n) is 2.29. The Morgan fingerprint density at radius 1 is 1.29 bits per heavy atom. The van der Waals surface area contributed by atoms with Crippen LogP contribution in [0.15, 0.2) is 6.07 Å². The summed E-state index contributed by atoms with van der Waals surface area (Å²) in [5, 5.41) is 3.20. The van der Waals surface area contributed by atoms with Gasteiger partial charge in [-0.15, -0.1) is 0 Å². The largest absolute Gasteiger partial charge is 0.478 e. The zero-order valence-corrected chi connectivity index (χ0v) is 10.7. The van der Waals surface area contributed by atoms with Crippen molar-refractivity contribution in [2.45, 2.75) is 33.1 Å². The molecule has 1 aromatic rings. The first kappa shape index (κ1) is 13.7. The molecule has 0 saturated carbocycles. The van der Waals surface area contributed by atoms with Gasteiger partial charge in [0.2, 0.25) is 11.8 Å². The highest BCUT2D eigenvalue weighted by molar-refractivity contribution is 5.30. The molecule has 3 N–H and O–H groups in total. The van der Waals surface area contributed by atoms with Gasteiger partial charge in [-0.3, -0.25) is 0 Å². The quantitative estimate of drug-likeness (QED) is 0.675. The molecule has 5 heteroatoms. The zero-order chi connectivity index (χ0) is 12.5. The summed E-state index contributed by atoms with van der Waals surface area (Å²) in [6.45, 7) is 6.12. The Labute approximate surface area is 103 Å². The number of nitrogens with one attached hydrogen (secondary N) is 1. The second-order valence-electron chi connectivity index (χ2n) is 3.88. The van der Waals surface area contributed by atoms with Gasteiger partial charge in [0.25, 0.3) is 0 Å². The molecule has 0 aliphatic rings. The van der Waals surface area contributed by atoms with Crippen molar-refractivity contribution >= 4 is 5.95 Å². The maximum Gasteiger partial charge on any atom is 0.226 e. The van der Waals surface area contributed by atoms with E-state index in [4.69, 9.17) is 10.5 Å². The number of rotatable bonds is 8. The number of nitrogens with two attached hydrogens (primary N) is 1. The van der Waals surface area contributed by atoms with Gasteiger partial charge in [-0.25, -0.2) is 4.98 Å². The normalized spacial score (nSPS) is 10.3. The lowest BCUT2D eigenvalue weighted by atomic mass is 10.2. The van der Waals surface area contributed by atoms with Crippen LogP contribution in [0.2, 0.25) is 0 Å². The minimum atomic E-state index is 0.617. The fourth-order valence-electron chi connectivity index (χ4n) is 1.49. The molecule has 1 rings (SSSR count). The predicted molar refractivity (Wildman–Crippen MR) is 69.3 cm³/mol. The second-order valence-corrected chi connectivity index (χ2v) is 3.88. The lowest BCUT2D eigenvalue weighted by Crippen LogP contribution is -2.08. The van der Waals surface area contributed by atoms with Crippen LogP contribution in [0.4, 0.5) is 5.95 Å². The average molecular weight is 238 g/mol. The molecule has 17 heavy (non-hydrogen) atoms. The zero-order valence-electron chi connectivity index (χ0n) is 10.7. The Morgan fingerprint density at radius 2 is 2.12 bits per heavy atom. The minimum Gasteiger partial charge on any atom is -0.478 e. The molecule has 1 aromatic heterocycles. The number of hydrogen-bond acceptors (Lipinski definition) is 5. The van der Waals surface area contributed by atoms with E-state index >= 15 is 0 Å². The number of anilines is 1. The van der Waals surface area contributed by atoms with E-state index < -0.39 is 0 Å². The Hall–Kier alpha value is -1.36. The lowest BCUT2D eigenvalue weighted by molar-refractivity contribution is 0.326. The molecule has 0 unspecified atom stereocenters. The highest BCUT2D eigenvalue weighted by atomic mass is 16.5. The summed E-state index contributed by atoms with van der Waals surface area (Å²) < 4.78 is 5.36. The van der Waals surface area contributed by atoms with Crippen LogP contribution in [-0.4, -0.2) is 29.7 Å². The summed E-state index contributed by atoms with van der Waals surface area (Å²) in [7, 11) is 0. The van der Waals surface area contributed by atoms with Gasteiger partial charge in [-0.2, -0.15) is 4.98 Å². The molecule has 0 aliphatic heterocycles. The number of aryl methyl sites for hydroxylation is 1. The van der Waals surface area contributed by atoms with Crippen molar-refractivity contribution in [2.75, 3.05) is 25.0 Å². The Morgan fingerprint density at radius 3 is 2.82 bits per heavy atom. The monoisotopic (exact) mass is 238 g/mol. The maximum atomic E-state index is 5.43. The lowest BCUT2D eigenvalue weighted by Gasteiger charge is -2.08. The predicted octanol–water partition coefficient (Wildman–Crippen LogP) is 1.72. The van der Waals surface area contributed by atoms with Crippen molar-refractivity contribution in [3.8, 4) is 5.88 Å². The van der Waals surface area contributed by atoms with E-state index in [9.17, 15) is 0 Å². The number of aromatic nitrogens is 2. The van der Waals surface area contributed by atoms with Gasteiger partial charge in [-0.1, -0.05) is 6.42 Å². The topological polar surface area (TPSA) is 73.1 Å². The Bertz CT molecular complexity index is 330. The van der Waals surface area contributed by atoms with E-state index in [-0.39, 0.29) is 0 Å². The van der Waals surface area contributed by atoms with Gasteiger partial charge < -0.3 is 15.8 Å². The molecule has 0 fully saturated rings. The van der Waals surface area contributed by atoms with E-state index in [1.165, 1.54) is 0 Å². The number of hydrogen-bond donors (Lipinski definition) is 2. The molecule has 1 heterocycles. The van der Waals surface area contributed by atoms with Crippen molar-refractivity contribution in [1.82, 2.24) is 9.97 Å². The molecular weight excluding hydrogens is 216 g/mol. The van der Waals surface area contributed by atoms with Crippen LogP contribution in [-0.2, 0) is 0 Å². The van der Waals surface area contributed by atoms with Crippen molar-refractivity contribution in [3.63, 3.8) is 0 Å². The molecule has 0 bridgehead atoms. The first-order valence-electron chi connectivity index (χ1n) is 6.18. The van der Waals surface area contributed by atoms with E-state index in [2.05, 4.69) is 15.3 Å². The van der Waals surface area contributed by atoms with E-state index in [1.807, 2.05) is 19.9 Å². The van der Waals surface area contributed by atoms with Crippen LogP contribution in [0.3, 0.4) is 0 Å². The second kappa shape index (κ2) is 7.84. The summed E-state index contributed by atoms with van der Waals surface area (Å²) >= 11 is 0. The summed E-state index contributed by atoms with van der Waals surface area (Å²) in [5.41, 5.74) is 6.34. The standard InChI is InChI=1S/C12H22N4O/c1-3-17-11-9-10(2)15-12(16-11)14-8-6-4-5-7-13/h9H,3-8,13H2,1-2H3,(H,14,15,16). The van der Waals surface area contributed by atoms with Crippen LogP contribution in [0.1, 0.15) is 31.9 Å². The number of unbranched alkanes of at least 4 members (excludes halogenated alkanes) is 2. The van der Waals surface area contributed by atoms with Crippen molar-refractivity contribution < 1.29 is 4.74 Å². The van der Waals surface area contributed by atoms with E-state index in [0.717, 1.165) is 38.0 Å². The van der Waals surface area contributed by atoms with E-state index in [1.54, 1.807) is 0 Å². The Kier molecular flexibility index (Phi) is 6.32. The molecule has 0 amide bonds. The third kappa shape index (κ3) is 5.49. The van der Waals surface area contributed by atoms with Crippen molar-refractivity contribution in [2.24, 2.45) is 5.73 Å². The van der Waals surface area contributed by atoms with Crippen molar-refractivity contribution in [3.05, 3.63) is 11.8 Å². The molecule has 0 atom stereocenters. The molecule has 0 spiro atoms. The summed E-state index contributed by atoms with van der Waals surface area (Å²) in [4.78, 5) is 8.58. The van der Waals surface area contributed by atoms with Crippen LogP contribution < -0.4 is 15.8 Å². The third-order valence-corrected chi connectivity index (χ3v) is 2.29. The van der Waals surface area contributed by atoms with Crippen LogP contribution in [0.25, 0.3) is 0 Å². The highest BCUT2D eigenvalue weighted by Gasteiger charge is 2.01. The van der Waals surface area contributed by atoms with Gasteiger partial charge in [0.1, 0.15) is 0 Å². The Balaban J connectivity index is 2.41. The van der Waals surface area contributed by atoms with Crippen LogP contribution in [0, 0.1) is 6.92 Å². The number of nitrogens with zero attached hydrogens (tertiary/aromatic N) is 2. The van der Waals surface area contributed by atoms with Crippen molar-refractivity contribution in [1.29, 1.82) is 0 Å². The molecule has 0 aliphatic carbocycles. The van der Waals surface area contributed by atoms with Gasteiger partial charge in [0.05, 0.1) is 6.61 Å². The smallest absolute Gasteiger partial charge is 0.226 e. The number of ether oxygens (including phenoxy) is 1. The average Bonchev–Trinajstić information content (AvgIpc) is 2.28. The molecule has 0 saturated heterocycles. The molecule has 0 radical (unpaired) electrons. The van der Waals surface area contributed by atoms with Crippen LogP contribution in [0.5, 0.6) is 5.88 Å². The fourth-order valence-corrected chi connectivity index (χ4v) is 1.49. The molecular formula is C12H22N4O. The first-order chi connectivity index (χ1) is 8.26. The summed E-state index contributed by atoms with van der Waals surface area (Å²) in [5.74, 6) is 1.27. The highest BCUT2D eigenvalue weighted by Crippen LogP contribution is 2.11. The minimum absolute atomic E-state index is 0.617. The van der Waals surface area contributed by atoms with Gasteiger partial charge in [0, 0.05) is 18.3 Å². The molecule has 5 nitrogen and oxygen atoms in total. The fraction of sp³-hybridized carbons (Fsp3) is 0.667. The molecule has 0 aromatic carbocycles. The van der Waals surface area contributed by atoms with Gasteiger partial charge in [0.15, 0.2) is 0 Å².